The lowest BCUT2D eigenvalue weighted by Gasteiger charge is -2.26. The Morgan fingerprint density at radius 2 is 1.94 bits per heavy atom. The van der Waals surface area contributed by atoms with E-state index in [2.05, 4.69) is 10.6 Å². The number of hydrogen-bond donors (Lipinski definition) is 2. The summed E-state index contributed by atoms with van der Waals surface area (Å²) < 4.78 is 4.94. The number of fused-ring (bicyclic) bond motifs is 1. The molecule has 0 bridgehead atoms. The lowest BCUT2D eigenvalue weighted by molar-refractivity contribution is -0.118. The van der Waals surface area contributed by atoms with E-state index in [1.54, 1.807) is 19.2 Å². The smallest absolute Gasteiger partial charge is 0.249 e. The zero-order valence-electron chi connectivity index (χ0n) is 8.51. The van der Waals surface area contributed by atoms with Crippen molar-refractivity contribution in [2.45, 2.75) is 6.04 Å². The first kappa shape index (κ1) is 11.5. The first-order valence-electron chi connectivity index (χ1n) is 4.67. The standard InChI is InChI=1S/C10H10Cl2N2O2/c1-16-4-9-10(15)14-8-3-6(12)5(11)2-7(8)13-9/h2-3,9,13H,4H2,1H3,(H,14,15). The number of ether oxygens (including phenoxy) is 1. The molecule has 16 heavy (non-hydrogen) atoms. The lowest BCUT2D eigenvalue weighted by Crippen LogP contribution is -2.41. The summed E-state index contributed by atoms with van der Waals surface area (Å²) >= 11 is 11.7. The van der Waals surface area contributed by atoms with E-state index in [9.17, 15) is 4.79 Å². The number of amides is 1. The minimum atomic E-state index is -0.408. The Kier molecular flexibility index (Phi) is 3.23. The van der Waals surface area contributed by atoms with E-state index in [-0.39, 0.29) is 5.91 Å². The summed E-state index contributed by atoms with van der Waals surface area (Å²) in [4.78, 5) is 11.6. The molecule has 86 valence electrons. The maximum atomic E-state index is 11.6. The number of methoxy groups -OCH3 is 1. The van der Waals surface area contributed by atoms with Crippen LogP contribution < -0.4 is 10.6 Å². The van der Waals surface area contributed by atoms with Crippen molar-refractivity contribution >= 4 is 40.5 Å². The van der Waals surface area contributed by atoms with Crippen LogP contribution in [-0.2, 0) is 9.53 Å². The molecule has 0 radical (unpaired) electrons. The van der Waals surface area contributed by atoms with Crippen LogP contribution in [0.2, 0.25) is 10.0 Å². The summed E-state index contributed by atoms with van der Waals surface area (Å²) in [6.07, 6.45) is 0. The molecule has 1 atom stereocenters. The molecule has 1 unspecified atom stereocenters. The highest BCUT2D eigenvalue weighted by molar-refractivity contribution is 6.42. The van der Waals surface area contributed by atoms with Crippen molar-refractivity contribution in [2.75, 3.05) is 24.4 Å². The van der Waals surface area contributed by atoms with E-state index >= 15 is 0 Å². The minimum Gasteiger partial charge on any atom is -0.382 e. The van der Waals surface area contributed by atoms with Gasteiger partial charge in [-0.15, -0.1) is 0 Å². The summed E-state index contributed by atoms with van der Waals surface area (Å²) in [5.41, 5.74) is 1.38. The fraction of sp³-hybridized carbons (Fsp3) is 0.300. The largest absolute Gasteiger partial charge is 0.382 e. The van der Waals surface area contributed by atoms with Gasteiger partial charge < -0.3 is 15.4 Å². The molecular formula is C10H10Cl2N2O2. The molecule has 1 amide bonds. The maximum Gasteiger partial charge on any atom is 0.249 e. The molecule has 1 aliphatic rings. The average molecular weight is 261 g/mol. The number of hydrogen-bond acceptors (Lipinski definition) is 3. The van der Waals surface area contributed by atoms with Crippen LogP contribution in [0.5, 0.6) is 0 Å². The van der Waals surface area contributed by atoms with E-state index in [1.807, 2.05) is 0 Å². The van der Waals surface area contributed by atoms with E-state index in [0.717, 1.165) is 5.69 Å². The lowest BCUT2D eigenvalue weighted by atomic mass is 10.1. The van der Waals surface area contributed by atoms with Gasteiger partial charge in [-0.1, -0.05) is 23.2 Å². The number of anilines is 2. The Labute approximate surface area is 103 Å². The van der Waals surface area contributed by atoms with E-state index in [4.69, 9.17) is 27.9 Å². The van der Waals surface area contributed by atoms with Crippen LogP contribution in [0.25, 0.3) is 0 Å². The fourth-order valence-electron chi connectivity index (χ4n) is 1.53. The number of halogens is 2. The zero-order valence-corrected chi connectivity index (χ0v) is 10.0. The molecule has 1 aliphatic heterocycles. The van der Waals surface area contributed by atoms with Gasteiger partial charge in [0.25, 0.3) is 0 Å². The summed E-state index contributed by atoms with van der Waals surface area (Å²) in [5, 5.41) is 6.63. The molecule has 1 aromatic rings. The average Bonchev–Trinajstić information content (AvgIpc) is 2.23. The first-order chi connectivity index (χ1) is 7.61. The Balaban J connectivity index is 2.32. The van der Waals surface area contributed by atoms with Crippen LogP contribution >= 0.6 is 23.2 Å². The van der Waals surface area contributed by atoms with Gasteiger partial charge in [0.15, 0.2) is 0 Å². The fourth-order valence-corrected chi connectivity index (χ4v) is 1.85. The predicted octanol–water partition coefficient (Wildman–Crippen LogP) is 2.37. The SMILES string of the molecule is COCC1Nc2cc(Cl)c(Cl)cc2NC1=O. The predicted molar refractivity (Wildman–Crippen MR) is 64.4 cm³/mol. The molecule has 0 spiro atoms. The monoisotopic (exact) mass is 260 g/mol. The Hall–Kier alpha value is -0.970. The topological polar surface area (TPSA) is 50.4 Å². The van der Waals surface area contributed by atoms with Crippen LogP contribution in [0.15, 0.2) is 12.1 Å². The molecule has 2 rings (SSSR count). The molecule has 0 saturated heterocycles. The summed E-state index contributed by atoms with van der Waals surface area (Å²) in [7, 11) is 1.54. The highest BCUT2D eigenvalue weighted by atomic mass is 35.5. The van der Waals surface area contributed by atoms with Crippen molar-refractivity contribution in [2.24, 2.45) is 0 Å². The molecule has 6 heteroatoms. The Morgan fingerprint density at radius 3 is 2.56 bits per heavy atom. The third kappa shape index (κ3) is 2.09. The second kappa shape index (κ2) is 4.49. The van der Waals surface area contributed by atoms with Gasteiger partial charge >= 0.3 is 0 Å². The molecule has 1 heterocycles. The highest BCUT2D eigenvalue weighted by Crippen LogP contribution is 2.34. The Bertz CT molecular complexity index is 437. The number of carbonyl (C=O) groups is 1. The third-order valence-electron chi connectivity index (χ3n) is 2.30. The van der Waals surface area contributed by atoms with Crippen molar-refractivity contribution < 1.29 is 9.53 Å². The molecule has 1 aromatic carbocycles. The van der Waals surface area contributed by atoms with Gasteiger partial charge in [0.1, 0.15) is 6.04 Å². The normalized spacial score (nSPS) is 18.7. The number of nitrogens with one attached hydrogen (secondary N) is 2. The van der Waals surface area contributed by atoms with Crippen molar-refractivity contribution in [1.29, 1.82) is 0 Å². The van der Waals surface area contributed by atoms with Crippen LogP contribution in [0, 0.1) is 0 Å². The number of rotatable bonds is 2. The van der Waals surface area contributed by atoms with Crippen LogP contribution in [0.3, 0.4) is 0 Å². The highest BCUT2D eigenvalue weighted by Gasteiger charge is 2.25. The van der Waals surface area contributed by atoms with Gasteiger partial charge in [-0.05, 0) is 12.1 Å². The van der Waals surface area contributed by atoms with Gasteiger partial charge in [-0.3, -0.25) is 4.79 Å². The molecule has 0 fully saturated rings. The zero-order chi connectivity index (χ0) is 11.7. The van der Waals surface area contributed by atoms with Crippen LogP contribution in [0.4, 0.5) is 11.4 Å². The van der Waals surface area contributed by atoms with Crippen molar-refractivity contribution in [3.8, 4) is 0 Å². The molecule has 2 N–H and O–H groups in total. The summed E-state index contributed by atoms with van der Waals surface area (Å²) in [5.74, 6) is -0.146. The maximum absolute atomic E-state index is 11.6. The van der Waals surface area contributed by atoms with Crippen molar-refractivity contribution in [3.05, 3.63) is 22.2 Å². The molecule has 0 aromatic heterocycles. The van der Waals surface area contributed by atoms with Crippen molar-refractivity contribution in [3.63, 3.8) is 0 Å². The molecular weight excluding hydrogens is 251 g/mol. The second-order valence-electron chi connectivity index (χ2n) is 3.45. The van der Waals surface area contributed by atoms with Gasteiger partial charge in [-0.25, -0.2) is 0 Å². The van der Waals surface area contributed by atoms with Crippen LogP contribution in [0.1, 0.15) is 0 Å². The molecule has 4 nitrogen and oxygen atoms in total. The van der Waals surface area contributed by atoms with Gasteiger partial charge in [-0.2, -0.15) is 0 Å². The van der Waals surface area contributed by atoms with Crippen LogP contribution in [-0.4, -0.2) is 25.7 Å². The van der Waals surface area contributed by atoms with Gasteiger partial charge in [0, 0.05) is 7.11 Å². The number of benzene rings is 1. The quantitative estimate of drug-likeness (QED) is 0.859. The van der Waals surface area contributed by atoms with E-state index in [1.165, 1.54) is 0 Å². The van der Waals surface area contributed by atoms with E-state index in [0.29, 0.717) is 22.3 Å². The molecule has 0 aliphatic carbocycles. The third-order valence-corrected chi connectivity index (χ3v) is 3.02. The Morgan fingerprint density at radius 1 is 1.31 bits per heavy atom. The summed E-state index contributed by atoms with van der Waals surface area (Å²) in [6, 6.07) is 2.89. The van der Waals surface area contributed by atoms with Gasteiger partial charge in [0.05, 0.1) is 28.0 Å². The summed E-state index contributed by atoms with van der Waals surface area (Å²) in [6.45, 7) is 0.297. The first-order valence-corrected chi connectivity index (χ1v) is 5.43. The second-order valence-corrected chi connectivity index (χ2v) is 4.27. The minimum absolute atomic E-state index is 0.146. The van der Waals surface area contributed by atoms with E-state index < -0.39 is 6.04 Å². The molecule has 0 saturated carbocycles. The number of carbonyl (C=O) groups excluding carboxylic acids is 1. The van der Waals surface area contributed by atoms with Crippen molar-refractivity contribution in [1.82, 2.24) is 0 Å². The van der Waals surface area contributed by atoms with Gasteiger partial charge in [0.2, 0.25) is 5.91 Å².